The molecule has 2 aromatic rings. The molecule has 0 atom stereocenters. The Morgan fingerprint density at radius 1 is 1.28 bits per heavy atom. The summed E-state index contributed by atoms with van der Waals surface area (Å²) in [4.78, 5) is 16.4. The van der Waals surface area contributed by atoms with Crippen LogP contribution in [0.25, 0.3) is 0 Å². The predicted molar refractivity (Wildman–Crippen MR) is 107 cm³/mol. The zero-order chi connectivity index (χ0) is 16.9. The van der Waals surface area contributed by atoms with E-state index in [0.29, 0.717) is 13.2 Å². The molecule has 0 radical (unpaired) electrons. The van der Waals surface area contributed by atoms with Crippen LogP contribution in [0.1, 0.15) is 30.1 Å². The summed E-state index contributed by atoms with van der Waals surface area (Å²) < 4.78 is 5.69. The zero-order valence-electron chi connectivity index (χ0n) is 14.6. The molecule has 1 heterocycles. The van der Waals surface area contributed by atoms with Crippen LogP contribution in [0.15, 0.2) is 29.6 Å². The number of thiazole rings is 1. The molecule has 1 aromatic carbocycles. The Morgan fingerprint density at radius 3 is 2.52 bits per heavy atom. The molecule has 0 unspecified atom stereocenters. The Bertz CT molecular complexity index is 660. The second kappa shape index (κ2) is 10.6. The van der Waals surface area contributed by atoms with Gasteiger partial charge < -0.3 is 15.8 Å². The van der Waals surface area contributed by atoms with Gasteiger partial charge in [0.25, 0.3) is 0 Å². The van der Waals surface area contributed by atoms with E-state index in [4.69, 9.17) is 10.5 Å². The summed E-state index contributed by atoms with van der Waals surface area (Å²) in [6, 6.07) is 7.89. The van der Waals surface area contributed by atoms with Gasteiger partial charge in [0.15, 0.2) is 0 Å². The topological polar surface area (TPSA) is 77.2 Å². The van der Waals surface area contributed by atoms with Crippen molar-refractivity contribution >= 4 is 42.1 Å². The highest BCUT2D eigenvalue weighted by Gasteiger charge is 2.19. The lowest BCUT2D eigenvalue weighted by atomic mass is 10.1. The minimum atomic E-state index is -0.398. The van der Waals surface area contributed by atoms with Crippen LogP contribution < -0.4 is 15.8 Å². The molecule has 0 bridgehead atoms. The molecule has 3 N–H and O–H groups in total. The van der Waals surface area contributed by atoms with Crippen LogP contribution in [0.4, 0.5) is 0 Å². The molecule has 25 heavy (non-hydrogen) atoms. The monoisotopic (exact) mass is 405 g/mol. The van der Waals surface area contributed by atoms with Crippen LogP contribution in [0.2, 0.25) is 0 Å². The summed E-state index contributed by atoms with van der Waals surface area (Å²) in [5, 5.41) is 5.64. The van der Waals surface area contributed by atoms with Crippen LogP contribution in [0, 0.1) is 6.92 Å². The molecule has 0 aliphatic rings. The first-order valence-corrected chi connectivity index (χ1v) is 8.40. The highest BCUT2D eigenvalue weighted by atomic mass is 35.5. The molecular weight excluding hydrogens is 381 g/mol. The average Bonchev–Trinajstić information content (AvgIpc) is 2.93. The van der Waals surface area contributed by atoms with Gasteiger partial charge in [0.05, 0.1) is 12.1 Å². The number of halogens is 2. The van der Waals surface area contributed by atoms with Gasteiger partial charge in [-0.3, -0.25) is 4.79 Å². The Balaban J connectivity index is 0.00000288. The van der Waals surface area contributed by atoms with E-state index in [1.807, 2.05) is 50.4 Å². The van der Waals surface area contributed by atoms with Crippen molar-refractivity contribution in [2.24, 2.45) is 5.73 Å². The minimum absolute atomic E-state index is 0. The van der Waals surface area contributed by atoms with Crippen molar-refractivity contribution < 1.29 is 9.53 Å². The van der Waals surface area contributed by atoms with Crippen molar-refractivity contribution in [2.45, 2.75) is 39.3 Å². The zero-order valence-corrected chi connectivity index (χ0v) is 17.0. The molecule has 0 saturated carbocycles. The van der Waals surface area contributed by atoms with E-state index in [9.17, 15) is 4.79 Å². The van der Waals surface area contributed by atoms with E-state index in [1.54, 1.807) is 0 Å². The third-order valence-corrected chi connectivity index (χ3v) is 4.18. The molecule has 0 aliphatic heterocycles. The van der Waals surface area contributed by atoms with E-state index >= 15 is 0 Å². The lowest BCUT2D eigenvalue weighted by Crippen LogP contribution is -2.49. The number of amides is 1. The van der Waals surface area contributed by atoms with Crippen molar-refractivity contribution in [3.63, 3.8) is 0 Å². The largest absolute Gasteiger partial charge is 0.486 e. The Morgan fingerprint density at radius 2 is 1.92 bits per heavy atom. The number of nitrogens with one attached hydrogen (secondary N) is 1. The van der Waals surface area contributed by atoms with Crippen molar-refractivity contribution in [1.82, 2.24) is 10.3 Å². The summed E-state index contributed by atoms with van der Waals surface area (Å²) in [6.07, 6.45) is 0.254. The second-order valence-corrected chi connectivity index (χ2v) is 7.09. The lowest BCUT2D eigenvalue weighted by Gasteiger charge is -2.23. The first-order valence-electron chi connectivity index (χ1n) is 7.52. The number of benzene rings is 1. The van der Waals surface area contributed by atoms with Crippen LogP contribution in [0.5, 0.6) is 5.75 Å². The number of ether oxygens (including phenoxy) is 1. The molecular formula is C17H25Cl2N3O2S. The first kappa shape index (κ1) is 23.7. The van der Waals surface area contributed by atoms with E-state index in [2.05, 4.69) is 10.3 Å². The van der Waals surface area contributed by atoms with Gasteiger partial charge in [-0.15, -0.1) is 36.2 Å². The number of carbonyl (C=O) groups is 1. The maximum atomic E-state index is 12.0. The molecule has 8 heteroatoms. The van der Waals surface area contributed by atoms with Crippen LogP contribution in [-0.4, -0.2) is 23.0 Å². The molecule has 0 saturated heterocycles. The van der Waals surface area contributed by atoms with Crippen molar-refractivity contribution in [2.75, 3.05) is 6.54 Å². The van der Waals surface area contributed by atoms with Gasteiger partial charge in [-0.1, -0.05) is 17.7 Å². The molecule has 0 aliphatic carbocycles. The summed E-state index contributed by atoms with van der Waals surface area (Å²) in [7, 11) is 0. The molecule has 140 valence electrons. The fourth-order valence-electron chi connectivity index (χ4n) is 1.91. The van der Waals surface area contributed by atoms with Crippen LogP contribution in [-0.2, 0) is 17.8 Å². The average molecular weight is 406 g/mol. The Hall–Kier alpha value is -1.34. The molecule has 0 fully saturated rings. The fourth-order valence-corrected chi connectivity index (χ4v) is 2.62. The maximum Gasteiger partial charge on any atom is 0.226 e. The first-order chi connectivity index (χ1) is 10.9. The highest BCUT2D eigenvalue weighted by molar-refractivity contribution is 7.09. The predicted octanol–water partition coefficient (Wildman–Crippen LogP) is 3.27. The number of nitrogens with zero attached hydrogens (tertiary/aromatic N) is 1. The van der Waals surface area contributed by atoms with Gasteiger partial charge in [-0.2, -0.15) is 0 Å². The van der Waals surface area contributed by atoms with Crippen LogP contribution in [0.3, 0.4) is 0 Å². The second-order valence-electron chi connectivity index (χ2n) is 6.15. The van der Waals surface area contributed by atoms with Gasteiger partial charge in [0, 0.05) is 17.5 Å². The SMILES string of the molecule is Cc1ccc(OCc2nc(CC(=O)NC(C)(C)CN)cs2)cc1.Cl.Cl. The standard InChI is InChI=1S/C17H23N3O2S.2ClH/c1-12-4-6-14(7-5-12)22-9-16-19-13(10-23-16)8-15(21)20-17(2,3)11-18;;/h4-7,10H,8-9,11,18H2,1-3H3,(H,20,21);2*1H. The number of aryl methyl sites for hydroxylation is 1. The van der Waals surface area contributed by atoms with Gasteiger partial charge in [0.2, 0.25) is 5.91 Å². The minimum Gasteiger partial charge on any atom is -0.486 e. The maximum absolute atomic E-state index is 12.0. The van der Waals surface area contributed by atoms with Gasteiger partial charge in [-0.25, -0.2) is 4.98 Å². The van der Waals surface area contributed by atoms with Crippen molar-refractivity contribution in [3.05, 3.63) is 45.9 Å². The summed E-state index contributed by atoms with van der Waals surface area (Å²) in [5.74, 6) is 0.742. The Labute approximate surface area is 165 Å². The number of hydrogen-bond donors (Lipinski definition) is 2. The molecule has 5 nitrogen and oxygen atoms in total. The van der Waals surface area contributed by atoms with Crippen molar-refractivity contribution in [3.8, 4) is 5.75 Å². The van der Waals surface area contributed by atoms with Gasteiger partial charge in [0.1, 0.15) is 17.4 Å². The molecule has 1 aromatic heterocycles. The fraction of sp³-hybridized carbons (Fsp3) is 0.412. The third-order valence-electron chi connectivity index (χ3n) is 3.31. The van der Waals surface area contributed by atoms with Crippen LogP contribution >= 0.6 is 36.2 Å². The number of rotatable bonds is 7. The number of carbonyl (C=O) groups excluding carboxylic acids is 1. The quantitative estimate of drug-likeness (QED) is 0.740. The van der Waals surface area contributed by atoms with Crippen molar-refractivity contribution in [1.29, 1.82) is 0 Å². The van der Waals surface area contributed by atoms with E-state index in [1.165, 1.54) is 16.9 Å². The van der Waals surface area contributed by atoms with E-state index < -0.39 is 5.54 Å². The number of hydrogen-bond acceptors (Lipinski definition) is 5. The number of aromatic nitrogens is 1. The normalized spacial score (nSPS) is 10.4. The highest BCUT2D eigenvalue weighted by Crippen LogP contribution is 2.16. The summed E-state index contributed by atoms with van der Waals surface area (Å²) in [6.45, 7) is 6.63. The lowest BCUT2D eigenvalue weighted by molar-refractivity contribution is -0.121. The summed E-state index contributed by atoms with van der Waals surface area (Å²) in [5.41, 5.74) is 7.16. The Kier molecular flexibility index (Phi) is 10.0. The van der Waals surface area contributed by atoms with Gasteiger partial charge >= 0.3 is 0 Å². The van der Waals surface area contributed by atoms with E-state index in [-0.39, 0.29) is 37.1 Å². The van der Waals surface area contributed by atoms with Gasteiger partial charge in [-0.05, 0) is 32.9 Å². The van der Waals surface area contributed by atoms with E-state index in [0.717, 1.165) is 16.5 Å². The number of nitrogens with two attached hydrogens (primary N) is 1. The molecule has 0 spiro atoms. The smallest absolute Gasteiger partial charge is 0.226 e. The summed E-state index contributed by atoms with van der Waals surface area (Å²) >= 11 is 1.50. The third kappa shape index (κ3) is 8.05. The molecule has 1 amide bonds. The molecule has 2 rings (SSSR count).